The Hall–Kier alpha value is -2.58. The van der Waals surface area contributed by atoms with Gasteiger partial charge in [-0.3, -0.25) is 9.20 Å². The normalized spacial score (nSPS) is 11.8. The van der Waals surface area contributed by atoms with Crippen LogP contribution in [0.25, 0.3) is 16.0 Å². The van der Waals surface area contributed by atoms with Gasteiger partial charge in [-0.15, -0.1) is 11.3 Å². The molecule has 0 fully saturated rings. The standard InChI is InChI=1S/C18H18FN5OS/c1-11-9-24-17(25)8-13(20-18(24)26-11)10-23(2)6-5-16-21-14-4-3-12(19)7-15(14)22-16/h3-4,7-9H,5-6,10H2,1-2H3,(H,21,22). The molecule has 3 aromatic heterocycles. The minimum atomic E-state index is -0.276. The second-order valence-corrected chi connectivity index (χ2v) is 7.63. The Morgan fingerprint density at radius 2 is 2.15 bits per heavy atom. The van der Waals surface area contributed by atoms with Crippen molar-refractivity contribution >= 4 is 27.3 Å². The highest BCUT2D eigenvalue weighted by molar-refractivity contribution is 7.16. The third-order valence-electron chi connectivity index (χ3n) is 4.19. The van der Waals surface area contributed by atoms with E-state index in [9.17, 15) is 9.18 Å². The van der Waals surface area contributed by atoms with Crippen LogP contribution in [-0.4, -0.2) is 37.8 Å². The number of aromatic amines is 1. The van der Waals surface area contributed by atoms with Crippen molar-refractivity contribution in [2.24, 2.45) is 0 Å². The van der Waals surface area contributed by atoms with E-state index >= 15 is 0 Å². The number of thiazole rings is 1. The van der Waals surface area contributed by atoms with Crippen LogP contribution in [0.3, 0.4) is 0 Å². The molecule has 0 radical (unpaired) electrons. The lowest BCUT2D eigenvalue weighted by Crippen LogP contribution is -2.23. The molecule has 1 N–H and O–H groups in total. The van der Waals surface area contributed by atoms with E-state index in [1.54, 1.807) is 16.5 Å². The number of nitrogens with one attached hydrogen (secondary N) is 1. The Morgan fingerprint density at radius 1 is 1.31 bits per heavy atom. The van der Waals surface area contributed by atoms with Crippen LogP contribution in [0, 0.1) is 12.7 Å². The highest BCUT2D eigenvalue weighted by Gasteiger charge is 2.09. The number of imidazole rings is 1. The quantitative estimate of drug-likeness (QED) is 0.586. The fourth-order valence-electron chi connectivity index (χ4n) is 2.94. The summed E-state index contributed by atoms with van der Waals surface area (Å²) in [6.45, 7) is 3.29. The van der Waals surface area contributed by atoms with Crippen molar-refractivity contribution in [2.45, 2.75) is 19.9 Å². The minimum Gasteiger partial charge on any atom is -0.342 e. The van der Waals surface area contributed by atoms with Crippen LogP contribution in [0.15, 0.2) is 35.3 Å². The van der Waals surface area contributed by atoms with Gasteiger partial charge in [0.05, 0.1) is 16.7 Å². The predicted molar refractivity (Wildman–Crippen MR) is 100 cm³/mol. The van der Waals surface area contributed by atoms with E-state index in [1.807, 2.05) is 20.2 Å². The van der Waals surface area contributed by atoms with Gasteiger partial charge in [0.15, 0.2) is 4.96 Å². The maximum Gasteiger partial charge on any atom is 0.258 e. The van der Waals surface area contributed by atoms with Crippen molar-refractivity contribution in [1.29, 1.82) is 0 Å². The van der Waals surface area contributed by atoms with E-state index in [0.717, 1.165) is 33.4 Å². The smallest absolute Gasteiger partial charge is 0.258 e. The Morgan fingerprint density at radius 3 is 3.00 bits per heavy atom. The van der Waals surface area contributed by atoms with Crippen molar-refractivity contribution in [1.82, 2.24) is 24.3 Å². The second-order valence-electron chi connectivity index (χ2n) is 6.41. The molecule has 0 spiro atoms. The number of hydrogen-bond acceptors (Lipinski definition) is 5. The summed E-state index contributed by atoms with van der Waals surface area (Å²) in [6.07, 6.45) is 2.51. The van der Waals surface area contributed by atoms with Gasteiger partial charge in [0, 0.05) is 36.7 Å². The van der Waals surface area contributed by atoms with Crippen molar-refractivity contribution in [2.75, 3.05) is 13.6 Å². The molecule has 0 atom stereocenters. The summed E-state index contributed by atoms with van der Waals surface area (Å²) >= 11 is 1.51. The SMILES string of the molecule is Cc1cn2c(=O)cc(CN(C)CCc3nc4ccc(F)cc4[nH]3)nc2s1. The van der Waals surface area contributed by atoms with Gasteiger partial charge in [-0.1, -0.05) is 0 Å². The highest BCUT2D eigenvalue weighted by Crippen LogP contribution is 2.15. The van der Waals surface area contributed by atoms with E-state index in [2.05, 4.69) is 19.9 Å². The van der Waals surface area contributed by atoms with Gasteiger partial charge in [0.1, 0.15) is 11.6 Å². The molecule has 8 heteroatoms. The van der Waals surface area contributed by atoms with Crippen LogP contribution in [0.2, 0.25) is 0 Å². The molecule has 0 saturated carbocycles. The lowest BCUT2D eigenvalue weighted by Gasteiger charge is -2.15. The number of likely N-dealkylation sites (N-methyl/N-ethyl adjacent to an activating group) is 1. The molecule has 0 aliphatic heterocycles. The molecule has 0 aliphatic carbocycles. The third kappa shape index (κ3) is 3.38. The molecule has 26 heavy (non-hydrogen) atoms. The second kappa shape index (κ2) is 6.62. The van der Waals surface area contributed by atoms with Crippen molar-refractivity contribution in [3.8, 4) is 0 Å². The van der Waals surface area contributed by atoms with E-state index in [4.69, 9.17) is 0 Å². The topological polar surface area (TPSA) is 66.3 Å². The van der Waals surface area contributed by atoms with Crippen molar-refractivity contribution in [3.05, 3.63) is 63.0 Å². The van der Waals surface area contributed by atoms with Gasteiger partial charge in [0.2, 0.25) is 0 Å². The monoisotopic (exact) mass is 371 g/mol. The molecule has 0 aliphatic rings. The molecule has 134 valence electrons. The molecule has 3 heterocycles. The number of H-pyrrole nitrogens is 1. The van der Waals surface area contributed by atoms with Crippen LogP contribution in [0.1, 0.15) is 16.4 Å². The van der Waals surface area contributed by atoms with Crippen molar-refractivity contribution in [3.63, 3.8) is 0 Å². The number of aryl methyl sites for hydroxylation is 1. The number of fused-ring (bicyclic) bond motifs is 2. The fraction of sp³-hybridized carbons (Fsp3) is 0.278. The minimum absolute atomic E-state index is 0.0536. The molecule has 0 bridgehead atoms. The molecule has 1 aromatic carbocycles. The summed E-state index contributed by atoms with van der Waals surface area (Å²) in [6, 6.07) is 6.11. The summed E-state index contributed by atoms with van der Waals surface area (Å²) in [5, 5.41) is 0. The van der Waals surface area contributed by atoms with Gasteiger partial charge in [-0.2, -0.15) is 0 Å². The molecule has 4 aromatic rings. The number of hydrogen-bond donors (Lipinski definition) is 1. The molecular weight excluding hydrogens is 353 g/mol. The number of aromatic nitrogens is 4. The van der Waals surface area contributed by atoms with Gasteiger partial charge < -0.3 is 9.88 Å². The van der Waals surface area contributed by atoms with Crippen molar-refractivity contribution < 1.29 is 4.39 Å². The summed E-state index contributed by atoms with van der Waals surface area (Å²) < 4.78 is 14.8. The summed E-state index contributed by atoms with van der Waals surface area (Å²) in [7, 11) is 1.98. The first-order chi connectivity index (χ1) is 12.5. The zero-order chi connectivity index (χ0) is 18.3. The zero-order valence-corrected chi connectivity index (χ0v) is 15.3. The zero-order valence-electron chi connectivity index (χ0n) is 14.5. The third-order valence-corrected chi connectivity index (χ3v) is 5.09. The van der Waals surface area contributed by atoms with E-state index in [1.165, 1.54) is 23.5 Å². The van der Waals surface area contributed by atoms with E-state index in [-0.39, 0.29) is 11.4 Å². The van der Waals surface area contributed by atoms with Crippen LogP contribution in [-0.2, 0) is 13.0 Å². The number of halogens is 1. The summed E-state index contributed by atoms with van der Waals surface area (Å²) in [4.78, 5) is 28.2. The Kier molecular flexibility index (Phi) is 4.29. The Labute approximate surface area is 152 Å². The highest BCUT2D eigenvalue weighted by atomic mass is 32.1. The largest absolute Gasteiger partial charge is 0.342 e. The molecule has 6 nitrogen and oxygen atoms in total. The first-order valence-electron chi connectivity index (χ1n) is 8.29. The van der Waals surface area contributed by atoms with Crippen LogP contribution < -0.4 is 5.56 Å². The van der Waals surface area contributed by atoms with Crippen LogP contribution in [0.4, 0.5) is 4.39 Å². The van der Waals surface area contributed by atoms with Gasteiger partial charge in [-0.25, -0.2) is 14.4 Å². The molecular formula is C18H18FN5OS. The van der Waals surface area contributed by atoms with Gasteiger partial charge in [0.25, 0.3) is 5.56 Å². The number of rotatable bonds is 5. The Balaban J connectivity index is 1.44. The molecule has 4 rings (SSSR count). The maximum absolute atomic E-state index is 13.3. The Bertz CT molecular complexity index is 1150. The first-order valence-corrected chi connectivity index (χ1v) is 9.11. The lowest BCUT2D eigenvalue weighted by atomic mass is 10.3. The van der Waals surface area contributed by atoms with E-state index < -0.39 is 0 Å². The summed E-state index contributed by atoms with van der Waals surface area (Å²) in [5.41, 5.74) is 2.17. The number of nitrogens with zero attached hydrogens (tertiary/aromatic N) is 4. The van der Waals surface area contributed by atoms with Gasteiger partial charge in [-0.05, 0) is 32.2 Å². The van der Waals surface area contributed by atoms with Gasteiger partial charge >= 0.3 is 0 Å². The van der Waals surface area contributed by atoms with Crippen LogP contribution >= 0.6 is 11.3 Å². The number of benzene rings is 1. The molecule has 0 saturated heterocycles. The fourth-order valence-corrected chi connectivity index (χ4v) is 3.79. The summed E-state index contributed by atoms with van der Waals surface area (Å²) in [5.74, 6) is 0.538. The molecule has 0 unspecified atom stereocenters. The lowest BCUT2D eigenvalue weighted by molar-refractivity contribution is 0.325. The van der Waals surface area contributed by atoms with E-state index in [0.29, 0.717) is 18.5 Å². The average Bonchev–Trinajstić information content (AvgIpc) is 3.15. The maximum atomic E-state index is 13.3. The predicted octanol–water partition coefficient (Wildman–Crippen LogP) is 2.75. The van der Waals surface area contributed by atoms with Crippen LogP contribution in [0.5, 0.6) is 0 Å². The average molecular weight is 371 g/mol. The molecule has 0 amide bonds. The first kappa shape index (κ1) is 16.9.